The van der Waals surface area contributed by atoms with Crippen molar-refractivity contribution in [2.45, 2.75) is 18.9 Å². The molecule has 0 radical (unpaired) electrons. The first kappa shape index (κ1) is 20.1. The molecule has 1 heterocycles. The van der Waals surface area contributed by atoms with E-state index in [1.54, 1.807) is 18.2 Å². The molecule has 1 saturated carbocycles. The van der Waals surface area contributed by atoms with Crippen LogP contribution in [0, 0.1) is 0 Å². The zero-order valence-electron chi connectivity index (χ0n) is 16.9. The highest BCUT2D eigenvalue weighted by Gasteiger charge is 2.27. The molecular weight excluding hydrogens is 380 g/mol. The van der Waals surface area contributed by atoms with E-state index in [0.29, 0.717) is 36.4 Å². The predicted octanol–water partition coefficient (Wildman–Crippen LogP) is 0.558. The second kappa shape index (κ2) is 9.09. The Balaban J connectivity index is 1.28. The van der Waals surface area contributed by atoms with Gasteiger partial charge in [0.05, 0.1) is 37.4 Å². The predicted molar refractivity (Wildman–Crippen MR) is 113 cm³/mol. The van der Waals surface area contributed by atoms with Gasteiger partial charge in [-0.25, -0.2) is 0 Å². The Morgan fingerprint density at radius 1 is 0.933 bits per heavy atom. The fourth-order valence-electron chi connectivity index (χ4n) is 3.67. The number of hydrogen-bond acceptors (Lipinski definition) is 3. The summed E-state index contributed by atoms with van der Waals surface area (Å²) in [5, 5.41) is 5.85. The van der Waals surface area contributed by atoms with E-state index >= 15 is 0 Å². The lowest BCUT2D eigenvalue weighted by Gasteiger charge is -2.32. The molecule has 3 N–H and O–H groups in total. The Labute approximate surface area is 176 Å². The van der Waals surface area contributed by atoms with Gasteiger partial charge in [0.1, 0.15) is 0 Å². The lowest BCUT2D eigenvalue weighted by atomic mass is 10.1. The summed E-state index contributed by atoms with van der Waals surface area (Å²) in [6, 6.07) is 16.6. The minimum absolute atomic E-state index is 0.0368. The first-order valence-electron chi connectivity index (χ1n) is 10.5. The van der Waals surface area contributed by atoms with Gasteiger partial charge >= 0.3 is 0 Å². The van der Waals surface area contributed by atoms with Gasteiger partial charge in [0.2, 0.25) is 0 Å². The fourth-order valence-corrected chi connectivity index (χ4v) is 3.67. The number of carbonyl (C=O) groups is 3. The summed E-state index contributed by atoms with van der Waals surface area (Å²) in [6.45, 7) is 2.99. The highest BCUT2D eigenvalue weighted by atomic mass is 16.2. The molecule has 0 aromatic heterocycles. The van der Waals surface area contributed by atoms with E-state index < -0.39 is 0 Å². The number of rotatable bonds is 6. The van der Waals surface area contributed by atoms with Gasteiger partial charge in [-0.05, 0) is 37.1 Å². The largest absolute Gasteiger partial charge is 0.349 e. The first-order chi connectivity index (χ1) is 14.6. The topological polar surface area (TPSA) is 83.0 Å². The maximum Gasteiger partial charge on any atom is 0.279 e. The van der Waals surface area contributed by atoms with Crippen molar-refractivity contribution in [3.63, 3.8) is 0 Å². The van der Waals surface area contributed by atoms with Crippen molar-refractivity contribution in [1.82, 2.24) is 10.2 Å². The third-order valence-corrected chi connectivity index (χ3v) is 5.55. The van der Waals surface area contributed by atoms with Gasteiger partial charge in [-0.2, -0.15) is 0 Å². The normalized spacial score (nSPS) is 16.7. The van der Waals surface area contributed by atoms with Crippen LogP contribution in [-0.4, -0.2) is 61.4 Å². The third-order valence-electron chi connectivity index (χ3n) is 5.55. The number of piperazine rings is 1. The zero-order valence-corrected chi connectivity index (χ0v) is 16.9. The van der Waals surface area contributed by atoms with Gasteiger partial charge in [-0.3, -0.25) is 14.4 Å². The third kappa shape index (κ3) is 5.04. The molecule has 2 fully saturated rings. The van der Waals surface area contributed by atoms with Crippen molar-refractivity contribution in [2.75, 3.05) is 38.0 Å². The molecule has 1 aliphatic heterocycles. The number of nitrogens with zero attached hydrogens (tertiary/aromatic N) is 1. The second-order valence-corrected chi connectivity index (χ2v) is 7.93. The number of hydrogen-bond donors (Lipinski definition) is 3. The number of nitrogens with one attached hydrogen (secondary N) is 3. The number of para-hydroxylation sites is 1. The van der Waals surface area contributed by atoms with E-state index in [0.717, 1.165) is 30.8 Å². The molecule has 7 nitrogen and oxygen atoms in total. The van der Waals surface area contributed by atoms with Gasteiger partial charge in [0.15, 0.2) is 6.54 Å². The highest BCUT2D eigenvalue weighted by Crippen LogP contribution is 2.21. The first-order valence-corrected chi connectivity index (χ1v) is 10.5. The average Bonchev–Trinajstić information content (AvgIpc) is 3.58. The highest BCUT2D eigenvalue weighted by molar-refractivity contribution is 6.04. The van der Waals surface area contributed by atoms with E-state index in [1.807, 2.05) is 41.3 Å². The molecular formula is C23H27N4O3+. The molecule has 2 aromatic rings. The maximum atomic E-state index is 12.6. The second-order valence-electron chi connectivity index (χ2n) is 7.93. The summed E-state index contributed by atoms with van der Waals surface area (Å²) in [6.07, 6.45) is 2.03. The van der Waals surface area contributed by atoms with E-state index in [4.69, 9.17) is 0 Å². The van der Waals surface area contributed by atoms with Crippen molar-refractivity contribution < 1.29 is 19.3 Å². The van der Waals surface area contributed by atoms with Gasteiger partial charge < -0.3 is 20.4 Å². The van der Waals surface area contributed by atoms with Crippen LogP contribution in [0.4, 0.5) is 5.69 Å². The van der Waals surface area contributed by atoms with Crippen LogP contribution in [0.15, 0.2) is 54.6 Å². The van der Waals surface area contributed by atoms with Crippen LogP contribution in [0.1, 0.15) is 33.6 Å². The Morgan fingerprint density at radius 2 is 1.60 bits per heavy atom. The van der Waals surface area contributed by atoms with Crippen molar-refractivity contribution >= 4 is 23.4 Å². The average molecular weight is 407 g/mol. The van der Waals surface area contributed by atoms with Crippen molar-refractivity contribution in [1.29, 1.82) is 0 Å². The molecule has 156 valence electrons. The number of amides is 3. The van der Waals surface area contributed by atoms with E-state index in [1.165, 1.54) is 0 Å². The van der Waals surface area contributed by atoms with Crippen molar-refractivity contribution in [3.05, 3.63) is 65.7 Å². The monoisotopic (exact) mass is 407 g/mol. The lowest BCUT2D eigenvalue weighted by molar-refractivity contribution is -0.895. The summed E-state index contributed by atoms with van der Waals surface area (Å²) in [5.41, 5.74) is 1.73. The molecule has 30 heavy (non-hydrogen) atoms. The van der Waals surface area contributed by atoms with Crippen molar-refractivity contribution in [2.24, 2.45) is 0 Å². The molecule has 7 heteroatoms. The van der Waals surface area contributed by atoms with E-state index in [9.17, 15) is 14.4 Å². The smallest absolute Gasteiger partial charge is 0.279 e. The molecule has 0 bridgehead atoms. The Kier molecular flexibility index (Phi) is 6.09. The van der Waals surface area contributed by atoms with Gasteiger partial charge in [0, 0.05) is 11.6 Å². The molecule has 2 aliphatic rings. The molecule has 3 amide bonds. The van der Waals surface area contributed by atoms with Crippen LogP contribution in [0.25, 0.3) is 0 Å². The van der Waals surface area contributed by atoms with Crippen molar-refractivity contribution in [3.8, 4) is 0 Å². The molecule has 0 unspecified atom stereocenters. The molecule has 2 aromatic carbocycles. The lowest BCUT2D eigenvalue weighted by Crippen LogP contribution is -3.15. The van der Waals surface area contributed by atoms with Crippen LogP contribution in [0.3, 0.4) is 0 Å². The van der Waals surface area contributed by atoms with Crippen LogP contribution in [0.5, 0.6) is 0 Å². The summed E-state index contributed by atoms with van der Waals surface area (Å²) < 4.78 is 0. The summed E-state index contributed by atoms with van der Waals surface area (Å²) >= 11 is 0. The summed E-state index contributed by atoms with van der Waals surface area (Å²) in [7, 11) is 0. The Morgan fingerprint density at radius 3 is 2.30 bits per heavy atom. The van der Waals surface area contributed by atoms with Gasteiger partial charge in [-0.15, -0.1) is 0 Å². The van der Waals surface area contributed by atoms with Crippen LogP contribution in [0.2, 0.25) is 0 Å². The number of benzene rings is 2. The molecule has 0 atom stereocenters. The molecule has 0 spiro atoms. The number of carbonyl (C=O) groups excluding carboxylic acids is 3. The SMILES string of the molecule is O=C(C[NH+]1CCN(C(=O)c2ccccc2)CC1)Nc1ccccc1C(=O)NC1CC1. The van der Waals surface area contributed by atoms with Crippen LogP contribution in [-0.2, 0) is 4.79 Å². The van der Waals surface area contributed by atoms with Gasteiger partial charge in [0.25, 0.3) is 17.7 Å². The Bertz CT molecular complexity index is 919. The minimum Gasteiger partial charge on any atom is -0.349 e. The number of anilines is 1. The standard InChI is InChI=1S/C23H26N4O3/c28-21(25-20-9-5-4-8-19(20)22(29)24-18-10-11-18)16-26-12-14-27(15-13-26)23(30)17-6-2-1-3-7-17/h1-9,18H,10-16H2,(H,24,29)(H,25,28)/p+1. The van der Waals surface area contributed by atoms with Crippen LogP contribution < -0.4 is 15.5 Å². The number of quaternary nitrogens is 1. The summed E-state index contributed by atoms with van der Waals surface area (Å²) in [5.74, 6) is -0.233. The van der Waals surface area contributed by atoms with Gasteiger partial charge in [-0.1, -0.05) is 30.3 Å². The van der Waals surface area contributed by atoms with E-state index in [2.05, 4.69) is 10.6 Å². The summed E-state index contributed by atoms with van der Waals surface area (Å²) in [4.78, 5) is 40.5. The fraction of sp³-hybridized carbons (Fsp3) is 0.348. The quantitative estimate of drug-likeness (QED) is 0.654. The minimum atomic E-state index is -0.145. The molecule has 1 saturated heterocycles. The van der Waals surface area contributed by atoms with Crippen LogP contribution >= 0.6 is 0 Å². The maximum absolute atomic E-state index is 12.6. The molecule has 4 rings (SSSR count). The zero-order chi connectivity index (χ0) is 20.9. The Hall–Kier alpha value is -3.19. The van der Waals surface area contributed by atoms with E-state index in [-0.39, 0.29) is 23.8 Å². The molecule has 1 aliphatic carbocycles.